The van der Waals surface area contributed by atoms with E-state index >= 15 is 0 Å². The molecule has 0 fully saturated rings. The lowest BCUT2D eigenvalue weighted by atomic mass is 10.2. The highest BCUT2D eigenvalue weighted by molar-refractivity contribution is 7.13. The first-order valence-corrected chi connectivity index (χ1v) is 8.16. The van der Waals surface area contributed by atoms with Gasteiger partial charge in [0.25, 0.3) is 5.91 Å². The fraction of sp³-hybridized carbons (Fsp3) is 0.0588. The van der Waals surface area contributed by atoms with Gasteiger partial charge in [0.2, 0.25) is 0 Å². The Morgan fingerprint density at radius 1 is 1.12 bits per heavy atom. The van der Waals surface area contributed by atoms with Crippen molar-refractivity contribution in [3.63, 3.8) is 0 Å². The third-order valence-electron chi connectivity index (χ3n) is 3.41. The molecule has 2 aromatic carbocycles. The van der Waals surface area contributed by atoms with E-state index in [1.807, 2.05) is 12.1 Å². The first-order chi connectivity index (χ1) is 11.5. The number of halogens is 3. The number of carbonyl (C=O) groups excluding carboxylic acids is 1. The van der Waals surface area contributed by atoms with E-state index in [0.29, 0.717) is 10.0 Å². The number of carbonyl (C=O) groups is 1. The first-order valence-electron chi connectivity index (χ1n) is 6.90. The zero-order valence-electron chi connectivity index (χ0n) is 12.5. The quantitative estimate of drug-likeness (QED) is 0.654. The van der Waals surface area contributed by atoms with Crippen LogP contribution in [-0.4, -0.2) is 17.9 Å². The number of hydrogen-bond donors (Lipinski definition) is 0. The molecule has 1 heterocycles. The summed E-state index contributed by atoms with van der Waals surface area (Å²) in [4.78, 5) is 18.0. The zero-order valence-corrected chi connectivity index (χ0v) is 14.0. The van der Waals surface area contributed by atoms with Gasteiger partial charge in [0.15, 0.2) is 11.6 Å². The van der Waals surface area contributed by atoms with E-state index in [0.717, 1.165) is 17.7 Å². The van der Waals surface area contributed by atoms with Crippen LogP contribution >= 0.6 is 22.9 Å². The van der Waals surface area contributed by atoms with Gasteiger partial charge >= 0.3 is 0 Å². The highest BCUT2D eigenvalue weighted by Gasteiger charge is 2.18. The van der Waals surface area contributed by atoms with Crippen molar-refractivity contribution in [1.29, 1.82) is 0 Å². The molecule has 3 rings (SSSR count). The second kappa shape index (κ2) is 6.67. The maximum atomic E-state index is 13.3. The molecule has 0 aliphatic rings. The Morgan fingerprint density at radius 3 is 2.50 bits per heavy atom. The van der Waals surface area contributed by atoms with E-state index in [2.05, 4.69) is 4.98 Å². The molecule has 3 aromatic rings. The van der Waals surface area contributed by atoms with Crippen LogP contribution in [0.4, 0.5) is 14.5 Å². The second-order valence-electron chi connectivity index (χ2n) is 5.01. The number of rotatable bonds is 3. The molecule has 0 radical (unpaired) electrons. The van der Waals surface area contributed by atoms with Crippen LogP contribution in [0.3, 0.4) is 0 Å². The van der Waals surface area contributed by atoms with Gasteiger partial charge in [0, 0.05) is 34.8 Å². The standard InChI is InChI=1S/C17H11ClF2N2OS/c1-22(12-6-7-13(19)14(20)8-12)17(23)15-9-24-16(21-15)10-2-4-11(18)5-3-10/h2-9H,1H3. The number of anilines is 1. The van der Waals surface area contributed by atoms with Crippen molar-refractivity contribution < 1.29 is 13.6 Å². The van der Waals surface area contributed by atoms with E-state index in [1.165, 1.54) is 29.4 Å². The van der Waals surface area contributed by atoms with Crippen LogP contribution in [0.25, 0.3) is 10.6 Å². The smallest absolute Gasteiger partial charge is 0.277 e. The summed E-state index contributed by atoms with van der Waals surface area (Å²) in [6.45, 7) is 0. The third kappa shape index (κ3) is 3.29. The summed E-state index contributed by atoms with van der Waals surface area (Å²) in [5.41, 5.74) is 1.33. The normalized spacial score (nSPS) is 10.7. The maximum absolute atomic E-state index is 13.3. The van der Waals surface area contributed by atoms with Crippen LogP contribution in [0, 0.1) is 11.6 Å². The molecular weight excluding hydrogens is 354 g/mol. The Labute approximate surface area is 146 Å². The van der Waals surface area contributed by atoms with Crippen molar-refractivity contribution in [2.24, 2.45) is 0 Å². The summed E-state index contributed by atoms with van der Waals surface area (Å²) in [5, 5.41) is 2.92. The molecule has 0 atom stereocenters. The number of amides is 1. The van der Waals surface area contributed by atoms with E-state index in [4.69, 9.17) is 11.6 Å². The van der Waals surface area contributed by atoms with E-state index < -0.39 is 17.5 Å². The number of hydrogen-bond acceptors (Lipinski definition) is 3. The summed E-state index contributed by atoms with van der Waals surface area (Å²) < 4.78 is 26.3. The van der Waals surface area contributed by atoms with Crippen molar-refractivity contribution in [2.45, 2.75) is 0 Å². The predicted molar refractivity (Wildman–Crippen MR) is 91.7 cm³/mol. The van der Waals surface area contributed by atoms with Gasteiger partial charge in [-0.2, -0.15) is 0 Å². The molecule has 24 heavy (non-hydrogen) atoms. The topological polar surface area (TPSA) is 33.2 Å². The maximum Gasteiger partial charge on any atom is 0.277 e. The van der Waals surface area contributed by atoms with Gasteiger partial charge in [-0.05, 0) is 24.3 Å². The predicted octanol–water partition coefficient (Wildman–Crippen LogP) is 5.02. The fourth-order valence-electron chi connectivity index (χ4n) is 2.08. The number of benzene rings is 2. The molecule has 7 heteroatoms. The lowest BCUT2D eigenvalue weighted by molar-refractivity contribution is 0.0989. The molecule has 0 bridgehead atoms. The summed E-state index contributed by atoms with van der Waals surface area (Å²) in [6, 6.07) is 10.4. The van der Waals surface area contributed by atoms with Gasteiger partial charge in [-0.1, -0.05) is 23.7 Å². The van der Waals surface area contributed by atoms with Gasteiger partial charge in [0.1, 0.15) is 10.7 Å². The molecule has 122 valence electrons. The SMILES string of the molecule is CN(C(=O)c1csc(-c2ccc(Cl)cc2)n1)c1ccc(F)c(F)c1. The van der Waals surface area contributed by atoms with Gasteiger partial charge in [-0.3, -0.25) is 4.79 Å². The largest absolute Gasteiger partial charge is 0.310 e. The molecule has 0 saturated carbocycles. The molecule has 1 amide bonds. The molecule has 0 aliphatic carbocycles. The summed E-state index contributed by atoms with van der Waals surface area (Å²) in [6.07, 6.45) is 0. The Morgan fingerprint density at radius 2 is 1.83 bits per heavy atom. The van der Waals surface area contributed by atoms with Gasteiger partial charge in [-0.15, -0.1) is 11.3 Å². The lowest BCUT2D eigenvalue weighted by Crippen LogP contribution is -2.26. The van der Waals surface area contributed by atoms with Gasteiger partial charge in [-0.25, -0.2) is 13.8 Å². The molecule has 0 N–H and O–H groups in total. The average molecular weight is 365 g/mol. The van der Waals surface area contributed by atoms with Gasteiger partial charge in [0.05, 0.1) is 0 Å². The van der Waals surface area contributed by atoms with Crippen LogP contribution < -0.4 is 4.90 Å². The van der Waals surface area contributed by atoms with Crippen molar-refractivity contribution in [3.05, 3.63) is 70.2 Å². The van der Waals surface area contributed by atoms with Crippen LogP contribution in [0.5, 0.6) is 0 Å². The second-order valence-corrected chi connectivity index (χ2v) is 6.30. The minimum Gasteiger partial charge on any atom is -0.310 e. The summed E-state index contributed by atoms with van der Waals surface area (Å²) in [5.74, 6) is -2.37. The molecule has 0 unspecified atom stereocenters. The molecule has 1 aromatic heterocycles. The fourth-order valence-corrected chi connectivity index (χ4v) is 3.01. The Hall–Kier alpha value is -2.31. The van der Waals surface area contributed by atoms with Crippen molar-refractivity contribution in [2.75, 3.05) is 11.9 Å². The van der Waals surface area contributed by atoms with E-state index in [-0.39, 0.29) is 11.4 Å². The number of nitrogens with zero attached hydrogens (tertiary/aromatic N) is 2. The van der Waals surface area contributed by atoms with Crippen LogP contribution in [-0.2, 0) is 0 Å². The van der Waals surface area contributed by atoms with Crippen LogP contribution in [0.1, 0.15) is 10.5 Å². The number of thiazole rings is 1. The Balaban J connectivity index is 1.85. The highest BCUT2D eigenvalue weighted by atomic mass is 35.5. The van der Waals surface area contributed by atoms with Crippen LogP contribution in [0.2, 0.25) is 5.02 Å². The molecule has 0 saturated heterocycles. The summed E-state index contributed by atoms with van der Waals surface area (Å²) >= 11 is 7.17. The number of aromatic nitrogens is 1. The third-order valence-corrected chi connectivity index (χ3v) is 4.55. The average Bonchev–Trinajstić information content (AvgIpc) is 3.06. The Kier molecular flexibility index (Phi) is 4.59. The molecule has 3 nitrogen and oxygen atoms in total. The monoisotopic (exact) mass is 364 g/mol. The van der Waals surface area contributed by atoms with Gasteiger partial charge < -0.3 is 4.90 Å². The molecular formula is C17H11ClF2N2OS. The zero-order chi connectivity index (χ0) is 17.3. The molecule has 0 spiro atoms. The van der Waals surface area contributed by atoms with E-state index in [1.54, 1.807) is 17.5 Å². The van der Waals surface area contributed by atoms with Crippen molar-refractivity contribution >= 4 is 34.5 Å². The van der Waals surface area contributed by atoms with Crippen LogP contribution in [0.15, 0.2) is 47.8 Å². The molecule has 0 aliphatic heterocycles. The lowest BCUT2D eigenvalue weighted by Gasteiger charge is -2.16. The highest BCUT2D eigenvalue weighted by Crippen LogP contribution is 2.26. The minimum atomic E-state index is -1.01. The van der Waals surface area contributed by atoms with E-state index in [9.17, 15) is 13.6 Å². The Bertz CT molecular complexity index is 896. The minimum absolute atomic E-state index is 0.234. The van der Waals surface area contributed by atoms with Crippen molar-refractivity contribution in [3.8, 4) is 10.6 Å². The summed E-state index contributed by atoms with van der Waals surface area (Å²) in [7, 11) is 1.48. The first kappa shape index (κ1) is 16.5. The van der Waals surface area contributed by atoms with Crippen molar-refractivity contribution in [1.82, 2.24) is 4.98 Å².